The fourth-order valence-corrected chi connectivity index (χ4v) is 3.00. The molecule has 1 aromatic carbocycles. The van der Waals surface area contributed by atoms with E-state index in [1.165, 1.54) is 5.56 Å². The first-order chi connectivity index (χ1) is 12.2. The second kappa shape index (κ2) is 8.16. The van der Waals surface area contributed by atoms with Crippen molar-refractivity contribution in [3.63, 3.8) is 0 Å². The summed E-state index contributed by atoms with van der Waals surface area (Å²) < 4.78 is 7.70. The van der Waals surface area contributed by atoms with Crippen molar-refractivity contribution < 1.29 is 4.74 Å². The number of hydrogen-bond acceptors (Lipinski definition) is 3. The lowest BCUT2D eigenvalue weighted by Crippen LogP contribution is -2.45. The molecule has 0 bridgehead atoms. The van der Waals surface area contributed by atoms with Gasteiger partial charge in [0, 0.05) is 32.9 Å². The normalized spacial score (nSPS) is 20.6. The summed E-state index contributed by atoms with van der Waals surface area (Å²) >= 11 is 0. The molecule has 2 N–H and O–H groups in total. The third kappa shape index (κ3) is 4.82. The molecule has 2 heterocycles. The van der Waals surface area contributed by atoms with E-state index in [9.17, 15) is 0 Å². The topological polar surface area (TPSA) is 63.5 Å². The molecule has 6 heteroatoms. The third-order valence-corrected chi connectivity index (χ3v) is 4.52. The summed E-state index contributed by atoms with van der Waals surface area (Å²) in [6, 6.07) is 10.1. The largest absolute Gasteiger partial charge is 0.373 e. The maximum Gasteiger partial charge on any atom is 0.191 e. The Balaban J connectivity index is 1.44. The van der Waals surface area contributed by atoms with Crippen LogP contribution in [-0.2, 0) is 11.2 Å². The molecule has 134 valence electrons. The number of hydrogen-bond donors (Lipinski definition) is 2. The van der Waals surface area contributed by atoms with Gasteiger partial charge < -0.3 is 15.4 Å². The lowest BCUT2D eigenvalue weighted by atomic mass is 10.0. The van der Waals surface area contributed by atoms with E-state index in [1.54, 1.807) is 7.05 Å². The minimum Gasteiger partial charge on any atom is -0.373 e. The highest BCUT2D eigenvalue weighted by atomic mass is 16.5. The average molecular weight is 341 g/mol. The van der Waals surface area contributed by atoms with Crippen LogP contribution >= 0.6 is 0 Å². The first-order valence-electron chi connectivity index (χ1n) is 8.86. The molecule has 1 unspecified atom stereocenters. The number of guanidine groups is 1. The van der Waals surface area contributed by atoms with E-state index in [4.69, 9.17) is 4.74 Å². The van der Waals surface area contributed by atoms with Gasteiger partial charge in [-0.15, -0.1) is 0 Å². The van der Waals surface area contributed by atoms with Gasteiger partial charge in [-0.05, 0) is 43.9 Å². The van der Waals surface area contributed by atoms with Gasteiger partial charge in [-0.25, -0.2) is 4.68 Å². The molecule has 0 aliphatic carbocycles. The fraction of sp³-hybridized carbons (Fsp3) is 0.474. The lowest BCUT2D eigenvalue weighted by Gasteiger charge is -2.24. The average Bonchev–Trinajstić information content (AvgIpc) is 3.28. The molecule has 0 saturated carbocycles. The van der Waals surface area contributed by atoms with Crippen molar-refractivity contribution in [2.45, 2.75) is 31.8 Å². The summed E-state index contributed by atoms with van der Waals surface area (Å²) in [7, 11) is 1.79. The highest BCUT2D eigenvalue weighted by Gasteiger charge is 2.29. The van der Waals surface area contributed by atoms with Gasteiger partial charge in [0.1, 0.15) is 0 Å². The Morgan fingerprint density at radius 1 is 1.32 bits per heavy atom. The number of para-hydroxylation sites is 1. The van der Waals surface area contributed by atoms with Gasteiger partial charge >= 0.3 is 0 Å². The molecule has 1 aliphatic rings. The standard InChI is InChI=1S/C19H27N5O/c1-19(10-6-12-25-19)15-22-18(20-2)21-11-9-16-13-23-24(14-16)17-7-4-3-5-8-17/h3-5,7-8,13-14H,6,9-12,15H2,1-2H3,(H2,20,21,22). The van der Waals surface area contributed by atoms with Crippen LogP contribution < -0.4 is 10.6 Å². The van der Waals surface area contributed by atoms with Crippen molar-refractivity contribution in [1.29, 1.82) is 0 Å². The van der Waals surface area contributed by atoms with Crippen molar-refractivity contribution in [3.8, 4) is 5.69 Å². The highest BCUT2D eigenvalue weighted by molar-refractivity contribution is 5.79. The number of rotatable bonds is 6. The van der Waals surface area contributed by atoms with E-state index in [1.807, 2.05) is 41.2 Å². The second-order valence-corrected chi connectivity index (χ2v) is 6.63. The predicted octanol–water partition coefficient (Wildman–Crippen LogP) is 2.15. The van der Waals surface area contributed by atoms with Crippen LogP contribution in [0.3, 0.4) is 0 Å². The Kier molecular flexibility index (Phi) is 5.71. The van der Waals surface area contributed by atoms with Crippen LogP contribution in [0.15, 0.2) is 47.7 Å². The molecular weight excluding hydrogens is 314 g/mol. The zero-order chi connectivity index (χ0) is 17.5. The molecule has 25 heavy (non-hydrogen) atoms. The molecule has 6 nitrogen and oxygen atoms in total. The van der Waals surface area contributed by atoms with Gasteiger partial charge in [-0.3, -0.25) is 4.99 Å². The Morgan fingerprint density at radius 3 is 2.88 bits per heavy atom. The summed E-state index contributed by atoms with van der Waals surface area (Å²) in [5.74, 6) is 0.812. The van der Waals surface area contributed by atoms with E-state index in [0.29, 0.717) is 0 Å². The summed E-state index contributed by atoms with van der Waals surface area (Å²) in [5.41, 5.74) is 2.19. The third-order valence-electron chi connectivity index (χ3n) is 4.52. The first kappa shape index (κ1) is 17.5. The van der Waals surface area contributed by atoms with Crippen LogP contribution in [0.25, 0.3) is 5.69 Å². The molecule has 3 rings (SSSR count). The summed E-state index contributed by atoms with van der Waals surface area (Å²) in [6.45, 7) is 4.59. The molecule has 1 aliphatic heterocycles. The van der Waals surface area contributed by atoms with Gasteiger partial charge in [0.05, 0.1) is 17.5 Å². The summed E-state index contributed by atoms with van der Waals surface area (Å²) in [4.78, 5) is 4.28. The maximum atomic E-state index is 5.80. The van der Waals surface area contributed by atoms with Gasteiger partial charge in [0.25, 0.3) is 0 Å². The number of aromatic nitrogens is 2. The zero-order valence-corrected chi connectivity index (χ0v) is 15.0. The first-order valence-corrected chi connectivity index (χ1v) is 8.86. The van der Waals surface area contributed by atoms with E-state index >= 15 is 0 Å². The van der Waals surface area contributed by atoms with Crippen molar-refractivity contribution in [2.75, 3.05) is 26.7 Å². The van der Waals surface area contributed by atoms with Gasteiger partial charge in [-0.2, -0.15) is 5.10 Å². The maximum absolute atomic E-state index is 5.80. The zero-order valence-electron chi connectivity index (χ0n) is 15.0. The molecule has 1 saturated heterocycles. The van der Waals surface area contributed by atoms with E-state index in [0.717, 1.165) is 50.6 Å². The number of nitrogens with zero attached hydrogens (tertiary/aromatic N) is 3. The Morgan fingerprint density at radius 2 is 2.16 bits per heavy atom. The van der Waals surface area contributed by atoms with Gasteiger partial charge in [-0.1, -0.05) is 18.2 Å². The number of benzene rings is 1. The predicted molar refractivity (Wildman–Crippen MR) is 100 cm³/mol. The van der Waals surface area contributed by atoms with Crippen LogP contribution in [0.5, 0.6) is 0 Å². The number of nitrogens with one attached hydrogen (secondary N) is 2. The fourth-order valence-electron chi connectivity index (χ4n) is 3.00. The minimum absolute atomic E-state index is 0.0750. The summed E-state index contributed by atoms with van der Waals surface area (Å²) in [5, 5.41) is 11.1. The second-order valence-electron chi connectivity index (χ2n) is 6.63. The minimum atomic E-state index is -0.0750. The Labute approximate surface area is 149 Å². The number of aliphatic imine (C=N–C) groups is 1. The summed E-state index contributed by atoms with van der Waals surface area (Å²) in [6.07, 6.45) is 7.10. The van der Waals surface area contributed by atoms with Crippen molar-refractivity contribution in [1.82, 2.24) is 20.4 Å². The van der Waals surface area contributed by atoms with Crippen LogP contribution in [-0.4, -0.2) is 48.1 Å². The van der Waals surface area contributed by atoms with E-state index in [2.05, 4.69) is 33.8 Å². The van der Waals surface area contributed by atoms with Crippen molar-refractivity contribution in [3.05, 3.63) is 48.3 Å². The van der Waals surface area contributed by atoms with Crippen LogP contribution in [0.2, 0.25) is 0 Å². The van der Waals surface area contributed by atoms with Crippen molar-refractivity contribution in [2.24, 2.45) is 4.99 Å². The monoisotopic (exact) mass is 341 g/mol. The smallest absolute Gasteiger partial charge is 0.191 e. The molecule has 0 spiro atoms. The van der Waals surface area contributed by atoms with Crippen LogP contribution in [0.1, 0.15) is 25.3 Å². The Bertz CT molecular complexity index is 689. The quantitative estimate of drug-likeness (QED) is 0.624. The van der Waals surface area contributed by atoms with Gasteiger partial charge in [0.2, 0.25) is 0 Å². The molecule has 0 radical (unpaired) electrons. The molecule has 1 aromatic heterocycles. The molecule has 2 aromatic rings. The molecule has 1 fully saturated rings. The van der Waals surface area contributed by atoms with Crippen LogP contribution in [0.4, 0.5) is 0 Å². The van der Waals surface area contributed by atoms with Crippen LogP contribution in [0, 0.1) is 0 Å². The van der Waals surface area contributed by atoms with Gasteiger partial charge in [0.15, 0.2) is 5.96 Å². The highest BCUT2D eigenvalue weighted by Crippen LogP contribution is 2.23. The van der Waals surface area contributed by atoms with E-state index in [-0.39, 0.29) is 5.60 Å². The number of ether oxygens (including phenoxy) is 1. The SMILES string of the molecule is CN=C(NCCc1cnn(-c2ccccc2)c1)NCC1(C)CCCO1. The molecular formula is C19H27N5O. The Hall–Kier alpha value is -2.34. The van der Waals surface area contributed by atoms with E-state index < -0.39 is 0 Å². The molecule has 0 amide bonds. The lowest BCUT2D eigenvalue weighted by molar-refractivity contribution is 0.0243. The molecule has 1 atom stereocenters. The van der Waals surface area contributed by atoms with Crippen molar-refractivity contribution >= 4 is 5.96 Å².